The molecule has 0 amide bonds. The number of ether oxygens (including phenoxy) is 1. The van der Waals surface area contributed by atoms with Crippen molar-refractivity contribution >= 4 is 17.6 Å². The minimum atomic E-state index is 0.293. The van der Waals surface area contributed by atoms with Gasteiger partial charge in [-0.05, 0) is 19.3 Å². The van der Waals surface area contributed by atoms with E-state index in [0.717, 1.165) is 37.4 Å². The van der Waals surface area contributed by atoms with Gasteiger partial charge < -0.3 is 21.1 Å². The summed E-state index contributed by atoms with van der Waals surface area (Å²) in [5.41, 5.74) is 5.69. The zero-order valence-corrected chi connectivity index (χ0v) is 10.9. The van der Waals surface area contributed by atoms with E-state index in [0.29, 0.717) is 18.1 Å². The Morgan fingerprint density at radius 1 is 1.39 bits per heavy atom. The molecule has 0 radical (unpaired) electrons. The average molecular weight is 251 g/mol. The number of nitrogens with two attached hydrogens (primary N) is 1. The molecule has 1 aliphatic carbocycles. The summed E-state index contributed by atoms with van der Waals surface area (Å²) in [6, 6.07) is 2.31. The Morgan fingerprint density at radius 2 is 2.11 bits per heavy atom. The van der Waals surface area contributed by atoms with Gasteiger partial charge in [-0.1, -0.05) is 6.92 Å². The molecule has 100 valence electrons. The van der Waals surface area contributed by atoms with Crippen molar-refractivity contribution in [2.75, 3.05) is 30.0 Å². The second-order valence-corrected chi connectivity index (χ2v) is 4.59. The molecule has 1 fully saturated rings. The maximum absolute atomic E-state index is 5.69. The number of nitrogens with zero attached hydrogens (tertiary/aromatic N) is 2. The van der Waals surface area contributed by atoms with E-state index in [1.54, 1.807) is 7.11 Å². The van der Waals surface area contributed by atoms with Gasteiger partial charge >= 0.3 is 0 Å². The Morgan fingerprint density at radius 3 is 2.78 bits per heavy atom. The Labute approximate surface area is 107 Å². The van der Waals surface area contributed by atoms with Gasteiger partial charge in [0.2, 0.25) is 5.95 Å². The van der Waals surface area contributed by atoms with Crippen LogP contribution in [-0.4, -0.2) is 35.8 Å². The number of hydrogen-bond donors (Lipinski definition) is 3. The van der Waals surface area contributed by atoms with Crippen LogP contribution < -0.4 is 16.4 Å². The van der Waals surface area contributed by atoms with Crippen LogP contribution in [0.5, 0.6) is 0 Å². The summed E-state index contributed by atoms with van der Waals surface area (Å²) in [6.45, 7) is 2.99. The molecule has 1 saturated carbocycles. The number of methoxy groups -OCH3 is 1. The van der Waals surface area contributed by atoms with Crippen LogP contribution in [0.1, 0.15) is 26.2 Å². The maximum atomic E-state index is 5.69. The van der Waals surface area contributed by atoms with Gasteiger partial charge in [-0.25, -0.2) is 0 Å². The number of nitrogen functional groups attached to an aromatic ring is 1. The van der Waals surface area contributed by atoms with E-state index in [9.17, 15) is 0 Å². The highest BCUT2D eigenvalue weighted by molar-refractivity contribution is 5.51. The zero-order chi connectivity index (χ0) is 13.0. The van der Waals surface area contributed by atoms with Gasteiger partial charge in [-0.2, -0.15) is 9.97 Å². The summed E-state index contributed by atoms with van der Waals surface area (Å²) in [7, 11) is 1.75. The molecule has 2 rings (SSSR count). The van der Waals surface area contributed by atoms with Crippen molar-refractivity contribution in [3.8, 4) is 0 Å². The molecular formula is C12H21N5O. The van der Waals surface area contributed by atoms with Crippen LogP contribution in [0.25, 0.3) is 0 Å². The van der Waals surface area contributed by atoms with Crippen molar-refractivity contribution < 1.29 is 4.74 Å². The highest BCUT2D eigenvalue weighted by atomic mass is 16.5. The van der Waals surface area contributed by atoms with E-state index >= 15 is 0 Å². The zero-order valence-electron chi connectivity index (χ0n) is 10.9. The Balaban J connectivity index is 1.93. The number of hydrogen-bond acceptors (Lipinski definition) is 6. The minimum absolute atomic E-state index is 0.293. The lowest BCUT2D eigenvalue weighted by Gasteiger charge is -2.34. The summed E-state index contributed by atoms with van der Waals surface area (Å²) in [5.74, 6) is 1.84. The molecule has 18 heavy (non-hydrogen) atoms. The van der Waals surface area contributed by atoms with Crippen LogP contribution >= 0.6 is 0 Å². The molecule has 1 aromatic heterocycles. The third-order valence-electron chi connectivity index (χ3n) is 3.08. The molecule has 6 nitrogen and oxygen atoms in total. The lowest BCUT2D eigenvalue weighted by molar-refractivity contribution is 0.0328. The van der Waals surface area contributed by atoms with E-state index in [4.69, 9.17) is 10.5 Å². The summed E-state index contributed by atoms with van der Waals surface area (Å²) in [5, 5.41) is 6.56. The highest BCUT2D eigenvalue weighted by Gasteiger charge is 2.29. The van der Waals surface area contributed by atoms with Crippen LogP contribution in [0.3, 0.4) is 0 Å². The fraction of sp³-hybridized carbons (Fsp3) is 0.667. The molecule has 0 atom stereocenters. The largest absolute Gasteiger partial charge is 0.381 e. The quantitative estimate of drug-likeness (QED) is 0.710. The van der Waals surface area contributed by atoms with Gasteiger partial charge in [0, 0.05) is 25.8 Å². The second-order valence-electron chi connectivity index (χ2n) is 4.59. The first-order valence-corrected chi connectivity index (χ1v) is 6.39. The number of rotatable bonds is 6. The van der Waals surface area contributed by atoms with Crippen LogP contribution in [-0.2, 0) is 4.74 Å². The molecule has 4 N–H and O–H groups in total. The van der Waals surface area contributed by atoms with Gasteiger partial charge in [0.1, 0.15) is 11.6 Å². The fourth-order valence-electron chi connectivity index (χ4n) is 1.97. The normalized spacial score (nSPS) is 22.3. The van der Waals surface area contributed by atoms with Gasteiger partial charge in [-0.3, -0.25) is 0 Å². The summed E-state index contributed by atoms with van der Waals surface area (Å²) in [6.07, 6.45) is 3.44. The summed E-state index contributed by atoms with van der Waals surface area (Å²) >= 11 is 0. The number of nitrogens with one attached hydrogen (secondary N) is 2. The molecule has 0 aliphatic heterocycles. The van der Waals surface area contributed by atoms with Crippen molar-refractivity contribution in [2.45, 2.75) is 38.3 Å². The molecule has 0 saturated heterocycles. The average Bonchev–Trinajstić information content (AvgIpc) is 2.30. The number of anilines is 3. The standard InChI is InChI=1S/C12H21N5O/c1-3-4-14-10-7-11(17-12(13)16-10)15-8-5-9(6-8)18-2/h7-9H,3-6H2,1-2H3,(H4,13,14,15,16,17). The van der Waals surface area contributed by atoms with E-state index in [-0.39, 0.29) is 0 Å². The topological polar surface area (TPSA) is 85.1 Å². The molecule has 0 bridgehead atoms. The predicted octanol–water partition coefficient (Wildman–Crippen LogP) is 1.47. The van der Waals surface area contributed by atoms with Crippen molar-refractivity contribution in [1.82, 2.24) is 9.97 Å². The fourth-order valence-corrected chi connectivity index (χ4v) is 1.97. The second kappa shape index (κ2) is 5.86. The molecule has 6 heteroatoms. The molecule has 1 aromatic rings. The molecule has 0 unspecified atom stereocenters. The molecule has 1 aliphatic rings. The first-order chi connectivity index (χ1) is 8.71. The van der Waals surface area contributed by atoms with Crippen LogP contribution in [0, 0.1) is 0 Å². The van der Waals surface area contributed by atoms with Crippen LogP contribution in [0.4, 0.5) is 17.6 Å². The lowest BCUT2D eigenvalue weighted by atomic mass is 9.89. The third kappa shape index (κ3) is 3.22. The van der Waals surface area contributed by atoms with Crippen LogP contribution in [0.15, 0.2) is 6.07 Å². The first-order valence-electron chi connectivity index (χ1n) is 6.39. The van der Waals surface area contributed by atoms with Gasteiger partial charge in [0.25, 0.3) is 0 Å². The van der Waals surface area contributed by atoms with Gasteiger partial charge in [-0.15, -0.1) is 0 Å². The molecule has 1 heterocycles. The Hall–Kier alpha value is -1.56. The van der Waals surface area contributed by atoms with Gasteiger partial charge in [0.15, 0.2) is 0 Å². The minimum Gasteiger partial charge on any atom is -0.381 e. The van der Waals surface area contributed by atoms with Crippen molar-refractivity contribution in [3.63, 3.8) is 0 Å². The predicted molar refractivity (Wildman–Crippen MR) is 72.7 cm³/mol. The third-order valence-corrected chi connectivity index (χ3v) is 3.08. The van der Waals surface area contributed by atoms with Crippen LogP contribution in [0.2, 0.25) is 0 Å². The van der Waals surface area contributed by atoms with Crippen molar-refractivity contribution in [1.29, 1.82) is 0 Å². The smallest absolute Gasteiger partial charge is 0.223 e. The highest BCUT2D eigenvalue weighted by Crippen LogP contribution is 2.26. The van der Waals surface area contributed by atoms with E-state index in [2.05, 4.69) is 27.5 Å². The monoisotopic (exact) mass is 251 g/mol. The van der Waals surface area contributed by atoms with Gasteiger partial charge in [0.05, 0.1) is 6.10 Å². The Bertz CT molecular complexity index is 392. The van der Waals surface area contributed by atoms with E-state index < -0.39 is 0 Å². The van der Waals surface area contributed by atoms with E-state index in [1.807, 2.05) is 6.07 Å². The molecule has 0 aromatic carbocycles. The Kier molecular flexibility index (Phi) is 4.19. The number of aromatic nitrogens is 2. The SMILES string of the molecule is CCCNc1cc(NC2CC(OC)C2)nc(N)n1. The summed E-state index contributed by atoms with van der Waals surface area (Å²) in [4.78, 5) is 8.33. The first kappa shape index (κ1) is 12.9. The molecule has 0 spiro atoms. The van der Waals surface area contributed by atoms with E-state index in [1.165, 1.54) is 0 Å². The summed E-state index contributed by atoms with van der Waals surface area (Å²) < 4.78 is 5.24. The molecular weight excluding hydrogens is 230 g/mol. The van der Waals surface area contributed by atoms with Crippen molar-refractivity contribution in [3.05, 3.63) is 6.07 Å². The van der Waals surface area contributed by atoms with Crippen molar-refractivity contribution in [2.24, 2.45) is 0 Å². The lowest BCUT2D eigenvalue weighted by Crippen LogP contribution is -2.40. The maximum Gasteiger partial charge on any atom is 0.223 e.